The number of fused-ring (bicyclic) bond motifs is 1. The maximum atomic E-state index is 5.87. The topological polar surface area (TPSA) is 29.3 Å². The molecule has 1 aromatic carbocycles. The predicted molar refractivity (Wildman–Crippen MR) is 62.7 cm³/mol. The van der Waals surface area contributed by atoms with Crippen molar-refractivity contribution in [2.24, 2.45) is 0 Å². The summed E-state index contributed by atoms with van der Waals surface area (Å²) >= 11 is 1.80. The summed E-state index contributed by atoms with van der Waals surface area (Å²) in [5, 5.41) is 0. The first-order valence-electron chi connectivity index (χ1n) is 4.84. The summed E-state index contributed by atoms with van der Waals surface area (Å²) in [4.78, 5) is 3.69. The van der Waals surface area contributed by atoms with Crippen molar-refractivity contribution in [3.63, 3.8) is 0 Å². The summed E-state index contributed by atoms with van der Waals surface area (Å²) in [6.45, 7) is 2.19. The van der Waals surface area contributed by atoms with Gasteiger partial charge in [0.1, 0.15) is 0 Å². The van der Waals surface area contributed by atoms with Crippen LogP contribution in [0.25, 0.3) is 0 Å². The van der Waals surface area contributed by atoms with Crippen molar-refractivity contribution in [2.75, 3.05) is 25.6 Å². The molecule has 0 atom stereocenters. The Morgan fingerprint density at radius 3 is 2.93 bits per heavy atom. The van der Waals surface area contributed by atoms with Gasteiger partial charge in [-0.1, -0.05) is 0 Å². The minimum absolute atomic E-state index is 0.892. The van der Waals surface area contributed by atoms with Gasteiger partial charge in [-0.15, -0.1) is 11.8 Å². The highest BCUT2D eigenvalue weighted by Gasteiger charge is 2.16. The molecule has 76 valence electrons. The van der Waals surface area contributed by atoms with Gasteiger partial charge in [0.2, 0.25) is 0 Å². The minimum atomic E-state index is 0.892. The number of benzene rings is 1. The van der Waals surface area contributed by atoms with E-state index in [1.807, 2.05) is 0 Å². The molecule has 0 radical (unpaired) electrons. The Bertz CT molecular complexity index is 349. The second-order valence-electron chi connectivity index (χ2n) is 3.85. The van der Waals surface area contributed by atoms with E-state index in [1.165, 1.54) is 16.0 Å². The van der Waals surface area contributed by atoms with Gasteiger partial charge in [0.25, 0.3) is 0 Å². The fourth-order valence-electron chi connectivity index (χ4n) is 2.01. The van der Waals surface area contributed by atoms with Gasteiger partial charge < -0.3 is 10.6 Å². The standard InChI is InChI=1S/C11H16N2S/c1-13-4-3-10-8(7-13)5-9(12)6-11(10)14-2/h5-6H,3-4,7,12H2,1-2H3. The van der Waals surface area contributed by atoms with Gasteiger partial charge >= 0.3 is 0 Å². The van der Waals surface area contributed by atoms with E-state index in [9.17, 15) is 0 Å². The highest BCUT2D eigenvalue weighted by Crippen LogP contribution is 2.30. The van der Waals surface area contributed by atoms with Gasteiger partial charge in [0.15, 0.2) is 0 Å². The molecule has 0 aromatic heterocycles. The molecule has 2 nitrogen and oxygen atoms in total. The maximum Gasteiger partial charge on any atom is 0.0328 e. The number of likely N-dealkylation sites (N-methyl/N-ethyl adjacent to an activating group) is 1. The molecule has 2 N–H and O–H groups in total. The molecule has 0 bridgehead atoms. The summed E-state index contributed by atoms with van der Waals surface area (Å²) in [6, 6.07) is 4.21. The second kappa shape index (κ2) is 3.83. The third-order valence-electron chi connectivity index (χ3n) is 2.73. The Hall–Kier alpha value is -0.670. The van der Waals surface area contributed by atoms with Crippen molar-refractivity contribution in [2.45, 2.75) is 17.9 Å². The van der Waals surface area contributed by atoms with Crippen LogP contribution in [0.4, 0.5) is 5.69 Å². The smallest absolute Gasteiger partial charge is 0.0328 e. The van der Waals surface area contributed by atoms with Crippen LogP contribution in [0.2, 0.25) is 0 Å². The third-order valence-corrected chi connectivity index (χ3v) is 3.53. The van der Waals surface area contributed by atoms with Gasteiger partial charge in [-0.25, -0.2) is 0 Å². The number of nitrogens with zero attached hydrogens (tertiary/aromatic N) is 1. The van der Waals surface area contributed by atoms with Crippen molar-refractivity contribution in [1.29, 1.82) is 0 Å². The van der Waals surface area contributed by atoms with Crippen LogP contribution >= 0.6 is 11.8 Å². The molecular weight excluding hydrogens is 192 g/mol. The van der Waals surface area contributed by atoms with Crippen LogP contribution in [0.3, 0.4) is 0 Å². The van der Waals surface area contributed by atoms with Crippen molar-refractivity contribution in [1.82, 2.24) is 4.90 Å². The summed E-state index contributed by atoms with van der Waals surface area (Å²) < 4.78 is 0. The first-order chi connectivity index (χ1) is 6.70. The molecule has 1 aromatic rings. The van der Waals surface area contributed by atoms with Crippen LogP contribution in [0.15, 0.2) is 17.0 Å². The SMILES string of the molecule is CSc1cc(N)cc2c1CCN(C)C2. The van der Waals surface area contributed by atoms with Crippen LogP contribution in [0.5, 0.6) is 0 Å². The van der Waals surface area contributed by atoms with Crippen LogP contribution in [0.1, 0.15) is 11.1 Å². The largest absolute Gasteiger partial charge is 0.399 e. The predicted octanol–water partition coefficient (Wildman–Crippen LogP) is 1.98. The van der Waals surface area contributed by atoms with Crippen LogP contribution in [-0.2, 0) is 13.0 Å². The molecule has 2 rings (SSSR count). The summed E-state index contributed by atoms with van der Waals surface area (Å²) in [7, 11) is 2.16. The quantitative estimate of drug-likeness (QED) is 0.565. The van der Waals surface area contributed by atoms with E-state index < -0.39 is 0 Å². The lowest BCUT2D eigenvalue weighted by molar-refractivity contribution is 0.311. The van der Waals surface area contributed by atoms with Gasteiger partial charge in [-0.2, -0.15) is 0 Å². The van der Waals surface area contributed by atoms with E-state index in [1.54, 1.807) is 11.8 Å². The van der Waals surface area contributed by atoms with Gasteiger partial charge in [-0.3, -0.25) is 0 Å². The summed E-state index contributed by atoms with van der Waals surface area (Å²) in [5.74, 6) is 0. The minimum Gasteiger partial charge on any atom is -0.399 e. The Kier molecular flexibility index (Phi) is 2.70. The Balaban J connectivity index is 2.46. The first kappa shape index (κ1) is 9.87. The molecule has 0 spiro atoms. The average molecular weight is 208 g/mol. The number of nitrogens with two attached hydrogens (primary N) is 1. The van der Waals surface area contributed by atoms with Gasteiger partial charge in [-0.05, 0) is 43.0 Å². The zero-order valence-corrected chi connectivity index (χ0v) is 9.53. The van der Waals surface area contributed by atoms with Crippen LogP contribution in [0, 0.1) is 0 Å². The van der Waals surface area contributed by atoms with Crippen molar-refractivity contribution in [3.8, 4) is 0 Å². The van der Waals surface area contributed by atoms with E-state index >= 15 is 0 Å². The number of hydrogen-bond acceptors (Lipinski definition) is 3. The van der Waals surface area contributed by atoms with Crippen LogP contribution < -0.4 is 5.73 Å². The van der Waals surface area contributed by atoms with Crippen molar-refractivity contribution < 1.29 is 0 Å². The zero-order valence-electron chi connectivity index (χ0n) is 8.71. The molecule has 0 unspecified atom stereocenters. The Labute approximate surface area is 89.5 Å². The monoisotopic (exact) mass is 208 g/mol. The van der Waals surface area contributed by atoms with Crippen LogP contribution in [-0.4, -0.2) is 24.7 Å². The molecule has 0 amide bonds. The summed E-state index contributed by atoms with van der Waals surface area (Å²) in [5.41, 5.74) is 9.67. The van der Waals surface area contributed by atoms with E-state index in [0.717, 1.165) is 25.2 Å². The number of hydrogen-bond donors (Lipinski definition) is 1. The number of nitrogen functional groups attached to an aromatic ring is 1. The van der Waals surface area contributed by atoms with Gasteiger partial charge in [0.05, 0.1) is 0 Å². The molecule has 1 aliphatic rings. The highest BCUT2D eigenvalue weighted by atomic mass is 32.2. The van der Waals surface area contributed by atoms with E-state index in [2.05, 4.69) is 30.3 Å². The average Bonchev–Trinajstić information content (AvgIpc) is 2.15. The Morgan fingerprint density at radius 2 is 2.21 bits per heavy atom. The third kappa shape index (κ3) is 1.74. The van der Waals surface area contributed by atoms with E-state index in [4.69, 9.17) is 5.73 Å². The molecule has 14 heavy (non-hydrogen) atoms. The van der Waals surface area contributed by atoms with E-state index in [0.29, 0.717) is 0 Å². The molecule has 3 heteroatoms. The maximum absolute atomic E-state index is 5.87. The molecule has 0 saturated heterocycles. The lowest BCUT2D eigenvalue weighted by Gasteiger charge is -2.26. The Morgan fingerprint density at radius 1 is 1.43 bits per heavy atom. The first-order valence-corrected chi connectivity index (χ1v) is 6.07. The second-order valence-corrected chi connectivity index (χ2v) is 4.70. The normalized spacial score (nSPS) is 16.7. The molecule has 0 saturated carbocycles. The molecule has 1 aliphatic heterocycles. The highest BCUT2D eigenvalue weighted by molar-refractivity contribution is 7.98. The fraction of sp³-hybridized carbons (Fsp3) is 0.455. The molecule has 0 fully saturated rings. The molecule has 1 heterocycles. The van der Waals surface area contributed by atoms with Crippen molar-refractivity contribution in [3.05, 3.63) is 23.3 Å². The lowest BCUT2D eigenvalue weighted by Crippen LogP contribution is -2.27. The molecular formula is C11H16N2S. The number of thioether (sulfide) groups is 1. The lowest BCUT2D eigenvalue weighted by atomic mass is 9.99. The van der Waals surface area contributed by atoms with Gasteiger partial charge in [0, 0.05) is 23.7 Å². The fourth-order valence-corrected chi connectivity index (χ4v) is 2.74. The number of rotatable bonds is 1. The zero-order chi connectivity index (χ0) is 10.1. The molecule has 0 aliphatic carbocycles. The van der Waals surface area contributed by atoms with Crippen molar-refractivity contribution >= 4 is 17.4 Å². The summed E-state index contributed by atoms with van der Waals surface area (Å²) in [6.07, 6.45) is 3.27. The number of anilines is 1. The van der Waals surface area contributed by atoms with E-state index in [-0.39, 0.29) is 0 Å².